The van der Waals surface area contributed by atoms with Crippen molar-refractivity contribution in [3.05, 3.63) is 40.3 Å². The highest BCUT2D eigenvalue weighted by Crippen LogP contribution is 2.33. The largest absolute Gasteiger partial charge is 0.354 e. The Morgan fingerprint density at radius 3 is 2.61 bits per heavy atom. The molecule has 4 fully saturated rings. The summed E-state index contributed by atoms with van der Waals surface area (Å²) in [6, 6.07) is 7.46. The Kier molecular flexibility index (Phi) is 5.93. The summed E-state index contributed by atoms with van der Waals surface area (Å²) in [4.78, 5) is 28.9. The Balaban J connectivity index is 1.27. The molecule has 0 spiro atoms. The fourth-order valence-electron chi connectivity index (χ4n) is 6.85. The van der Waals surface area contributed by atoms with Crippen LogP contribution in [0.3, 0.4) is 0 Å². The summed E-state index contributed by atoms with van der Waals surface area (Å²) in [6.45, 7) is 6.54. The van der Waals surface area contributed by atoms with Crippen molar-refractivity contribution in [3.8, 4) is 0 Å². The van der Waals surface area contributed by atoms with E-state index in [0.29, 0.717) is 12.0 Å². The molecule has 2 saturated carbocycles. The van der Waals surface area contributed by atoms with Gasteiger partial charge in [0.25, 0.3) is 5.56 Å². The number of nitrogens with one attached hydrogen (secondary N) is 1. The van der Waals surface area contributed by atoms with Crippen LogP contribution in [0.4, 0.5) is 5.95 Å². The topological polar surface area (TPSA) is 66.3 Å². The molecule has 2 saturated heterocycles. The third-order valence-corrected chi connectivity index (χ3v) is 9.08. The maximum absolute atomic E-state index is 14.1. The summed E-state index contributed by atoms with van der Waals surface area (Å²) >= 11 is 0. The third kappa shape index (κ3) is 4.30. The monoisotopic (exact) mass is 486 g/mol. The lowest BCUT2D eigenvalue weighted by atomic mass is 9.94. The first-order valence-electron chi connectivity index (χ1n) is 14.3. The molecule has 0 amide bonds. The van der Waals surface area contributed by atoms with Crippen molar-refractivity contribution in [1.29, 1.82) is 0 Å². The normalized spacial score (nSPS) is 23.9. The standard InChI is InChI=1S/C29H38N6O/c36-28-25-15-21(18-33-13-14-34-12-4-7-23(34)19-33)10-11-24(25)26-17-31-29(30-16-20-8-9-20)32-27(26)35(28)22-5-2-1-3-6-22/h10-11,15,17,20,22-23H,1-9,12-14,16,18-19H2,(H,30,31,32)/t23-/m0/s1. The SMILES string of the molecule is O=c1c2cc(CN3CCN4CCC[C@H]4C3)ccc2c2cnc(NCC3CC3)nc2n1C1CCCCC1. The van der Waals surface area contributed by atoms with Crippen molar-refractivity contribution in [3.63, 3.8) is 0 Å². The zero-order valence-electron chi connectivity index (χ0n) is 21.3. The van der Waals surface area contributed by atoms with E-state index in [1.165, 1.54) is 63.6 Å². The Morgan fingerprint density at radius 1 is 0.889 bits per heavy atom. The number of pyridine rings is 1. The number of fused-ring (bicyclic) bond motifs is 4. The van der Waals surface area contributed by atoms with E-state index in [0.717, 1.165) is 66.7 Å². The van der Waals surface area contributed by atoms with E-state index in [9.17, 15) is 4.79 Å². The molecule has 1 N–H and O–H groups in total. The van der Waals surface area contributed by atoms with Crippen LogP contribution in [0.2, 0.25) is 0 Å². The third-order valence-electron chi connectivity index (χ3n) is 9.08. The van der Waals surface area contributed by atoms with Crippen LogP contribution in [0.5, 0.6) is 0 Å². The van der Waals surface area contributed by atoms with Crippen molar-refractivity contribution >= 4 is 27.8 Å². The van der Waals surface area contributed by atoms with Crippen molar-refractivity contribution in [2.45, 2.75) is 76.4 Å². The highest BCUT2D eigenvalue weighted by molar-refractivity contribution is 6.04. The summed E-state index contributed by atoms with van der Waals surface area (Å²) < 4.78 is 2.03. The van der Waals surface area contributed by atoms with Gasteiger partial charge in [-0.1, -0.05) is 31.4 Å². The first kappa shape index (κ1) is 22.7. The van der Waals surface area contributed by atoms with E-state index in [1.807, 2.05) is 10.8 Å². The predicted molar refractivity (Wildman–Crippen MR) is 145 cm³/mol. The van der Waals surface area contributed by atoms with Crippen LogP contribution in [-0.2, 0) is 6.54 Å². The van der Waals surface area contributed by atoms with Crippen LogP contribution in [0, 0.1) is 5.92 Å². The lowest BCUT2D eigenvalue weighted by Crippen LogP contribution is -2.49. The van der Waals surface area contributed by atoms with Crippen molar-refractivity contribution < 1.29 is 0 Å². The Labute approximate surface area is 212 Å². The zero-order valence-corrected chi connectivity index (χ0v) is 21.3. The number of hydrogen-bond donors (Lipinski definition) is 1. The van der Waals surface area contributed by atoms with Crippen molar-refractivity contribution in [2.75, 3.05) is 38.0 Å². The van der Waals surface area contributed by atoms with E-state index in [-0.39, 0.29) is 11.6 Å². The molecule has 3 aromatic rings. The molecule has 0 radical (unpaired) electrons. The minimum Gasteiger partial charge on any atom is -0.354 e. The van der Waals surface area contributed by atoms with Gasteiger partial charge in [0.05, 0.1) is 0 Å². The lowest BCUT2D eigenvalue weighted by molar-refractivity contribution is 0.0994. The summed E-state index contributed by atoms with van der Waals surface area (Å²) in [5.41, 5.74) is 2.17. The maximum Gasteiger partial charge on any atom is 0.260 e. The highest BCUT2D eigenvalue weighted by Gasteiger charge is 2.30. The van der Waals surface area contributed by atoms with Gasteiger partial charge in [-0.3, -0.25) is 19.2 Å². The first-order valence-corrected chi connectivity index (χ1v) is 14.3. The molecule has 4 heterocycles. The second-order valence-electron chi connectivity index (χ2n) is 11.7. The molecule has 1 aromatic carbocycles. The van der Waals surface area contributed by atoms with Crippen LogP contribution in [0.25, 0.3) is 21.8 Å². The molecule has 36 heavy (non-hydrogen) atoms. The first-order chi connectivity index (χ1) is 17.7. The van der Waals surface area contributed by atoms with Gasteiger partial charge in [-0.25, -0.2) is 4.98 Å². The lowest BCUT2D eigenvalue weighted by Gasteiger charge is -2.37. The molecule has 2 aliphatic heterocycles. The van der Waals surface area contributed by atoms with Crippen molar-refractivity contribution in [1.82, 2.24) is 24.3 Å². The number of nitrogens with zero attached hydrogens (tertiary/aromatic N) is 5. The Bertz CT molecular complexity index is 1320. The van der Waals surface area contributed by atoms with Crippen LogP contribution in [0.15, 0.2) is 29.2 Å². The number of anilines is 1. The van der Waals surface area contributed by atoms with E-state index in [2.05, 4.69) is 38.3 Å². The summed E-state index contributed by atoms with van der Waals surface area (Å²) in [5.74, 6) is 1.40. The molecule has 190 valence electrons. The van der Waals surface area contributed by atoms with Crippen LogP contribution in [-0.4, -0.2) is 63.1 Å². The van der Waals surface area contributed by atoms with Gasteiger partial charge in [-0.05, 0) is 68.0 Å². The Hall–Kier alpha value is -2.51. The predicted octanol–water partition coefficient (Wildman–Crippen LogP) is 4.55. The molecular weight excluding hydrogens is 448 g/mol. The minimum absolute atomic E-state index is 0.124. The molecular formula is C29H38N6O. The van der Waals surface area contributed by atoms with Gasteiger partial charge in [0, 0.05) is 61.8 Å². The van der Waals surface area contributed by atoms with Crippen LogP contribution in [0.1, 0.15) is 69.4 Å². The second kappa shape index (κ2) is 9.42. The van der Waals surface area contributed by atoms with E-state index in [4.69, 9.17) is 4.98 Å². The highest BCUT2D eigenvalue weighted by atomic mass is 16.1. The molecule has 4 aliphatic rings. The molecule has 7 nitrogen and oxygen atoms in total. The molecule has 1 atom stereocenters. The van der Waals surface area contributed by atoms with Crippen LogP contribution < -0.4 is 10.9 Å². The van der Waals surface area contributed by atoms with Gasteiger partial charge in [0.15, 0.2) is 0 Å². The molecule has 7 heteroatoms. The van der Waals surface area contributed by atoms with E-state index < -0.39 is 0 Å². The summed E-state index contributed by atoms with van der Waals surface area (Å²) in [5, 5.41) is 6.23. The van der Waals surface area contributed by atoms with E-state index in [1.54, 1.807) is 0 Å². The Morgan fingerprint density at radius 2 is 1.75 bits per heavy atom. The van der Waals surface area contributed by atoms with Gasteiger partial charge >= 0.3 is 0 Å². The van der Waals surface area contributed by atoms with Gasteiger partial charge in [-0.15, -0.1) is 0 Å². The van der Waals surface area contributed by atoms with Crippen molar-refractivity contribution in [2.24, 2.45) is 5.92 Å². The average Bonchev–Trinajstić information content (AvgIpc) is 3.63. The number of rotatable bonds is 6. The fourth-order valence-corrected chi connectivity index (χ4v) is 6.85. The number of hydrogen-bond acceptors (Lipinski definition) is 6. The molecule has 2 aliphatic carbocycles. The second-order valence-corrected chi connectivity index (χ2v) is 11.7. The minimum atomic E-state index is 0.124. The van der Waals surface area contributed by atoms with Gasteiger partial charge < -0.3 is 5.32 Å². The van der Waals surface area contributed by atoms with Gasteiger partial charge in [0.1, 0.15) is 5.65 Å². The molecule has 0 bridgehead atoms. The smallest absolute Gasteiger partial charge is 0.260 e. The quantitative estimate of drug-likeness (QED) is 0.516. The van der Waals surface area contributed by atoms with E-state index >= 15 is 0 Å². The maximum atomic E-state index is 14.1. The number of benzene rings is 1. The number of aromatic nitrogens is 3. The zero-order chi connectivity index (χ0) is 24.1. The molecule has 2 aromatic heterocycles. The molecule has 7 rings (SSSR count). The summed E-state index contributed by atoms with van der Waals surface area (Å²) in [6.07, 6.45) is 12.9. The molecule has 0 unspecified atom stereocenters. The average molecular weight is 487 g/mol. The van der Waals surface area contributed by atoms with Gasteiger partial charge in [-0.2, -0.15) is 4.98 Å². The number of piperazine rings is 1. The van der Waals surface area contributed by atoms with Gasteiger partial charge in [0.2, 0.25) is 5.95 Å². The summed E-state index contributed by atoms with van der Waals surface area (Å²) in [7, 11) is 0. The van der Waals surface area contributed by atoms with Crippen LogP contribution >= 0.6 is 0 Å². The fraction of sp³-hybridized carbons (Fsp3) is 0.621.